The van der Waals surface area contributed by atoms with Gasteiger partial charge in [0.2, 0.25) is 5.89 Å². The summed E-state index contributed by atoms with van der Waals surface area (Å²) in [5, 5.41) is 3.98. The zero-order valence-electron chi connectivity index (χ0n) is 11.1. The largest absolute Gasteiger partial charge is 0.338 e. The van der Waals surface area contributed by atoms with Gasteiger partial charge in [-0.25, -0.2) is 0 Å². The molecule has 0 spiro atoms. The highest BCUT2D eigenvalue weighted by atomic mass is 16.5. The van der Waals surface area contributed by atoms with E-state index in [2.05, 4.69) is 35.3 Å². The minimum Gasteiger partial charge on any atom is -0.338 e. The molecule has 0 saturated heterocycles. The molecule has 2 rings (SSSR count). The highest BCUT2D eigenvalue weighted by molar-refractivity contribution is 5.24. The zero-order chi connectivity index (χ0) is 13.1. The van der Waals surface area contributed by atoms with Crippen LogP contribution < -0.4 is 5.73 Å². The Kier molecular flexibility index (Phi) is 3.77. The fourth-order valence-electron chi connectivity index (χ4n) is 1.76. The molecule has 1 aromatic carbocycles. The molecule has 2 N–H and O–H groups in total. The molecule has 0 saturated carbocycles. The van der Waals surface area contributed by atoms with Gasteiger partial charge in [0.25, 0.3) is 0 Å². The normalized spacial score (nSPS) is 12.9. The average molecular weight is 245 g/mol. The molecule has 0 aliphatic carbocycles. The summed E-state index contributed by atoms with van der Waals surface area (Å²) < 4.78 is 5.20. The summed E-state index contributed by atoms with van der Waals surface area (Å²) in [5.74, 6) is 1.50. The van der Waals surface area contributed by atoms with Crippen molar-refractivity contribution in [3.63, 3.8) is 0 Å². The minimum atomic E-state index is -0.191. The molecule has 0 aliphatic heterocycles. The number of nitrogens with zero attached hydrogens (tertiary/aromatic N) is 2. The van der Waals surface area contributed by atoms with Crippen molar-refractivity contribution in [2.24, 2.45) is 11.7 Å². The molecule has 0 bridgehead atoms. The van der Waals surface area contributed by atoms with E-state index in [1.54, 1.807) is 0 Å². The van der Waals surface area contributed by atoms with Crippen molar-refractivity contribution in [3.05, 3.63) is 47.1 Å². The Morgan fingerprint density at radius 3 is 2.78 bits per heavy atom. The Morgan fingerprint density at radius 2 is 2.11 bits per heavy atom. The van der Waals surface area contributed by atoms with Crippen LogP contribution in [0.3, 0.4) is 0 Å². The molecular formula is C14H19N3O. The van der Waals surface area contributed by atoms with Crippen LogP contribution in [0, 0.1) is 12.8 Å². The van der Waals surface area contributed by atoms with Crippen LogP contribution in [-0.2, 0) is 6.42 Å². The SMILES string of the molecule is Cc1cccc(Cc2noc(C(N)C(C)C)n2)c1. The molecule has 0 fully saturated rings. The molecule has 4 heteroatoms. The van der Waals surface area contributed by atoms with Gasteiger partial charge >= 0.3 is 0 Å². The van der Waals surface area contributed by atoms with Gasteiger partial charge < -0.3 is 10.3 Å². The van der Waals surface area contributed by atoms with Gasteiger partial charge in [0.1, 0.15) is 0 Å². The van der Waals surface area contributed by atoms with Crippen LogP contribution in [-0.4, -0.2) is 10.1 Å². The van der Waals surface area contributed by atoms with Gasteiger partial charge in [0.15, 0.2) is 5.82 Å². The van der Waals surface area contributed by atoms with E-state index in [9.17, 15) is 0 Å². The van der Waals surface area contributed by atoms with Gasteiger partial charge in [-0.3, -0.25) is 0 Å². The van der Waals surface area contributed by atoms with Crippen LogP contribution in [0.4, 0.5) is 0 Å². The molecule has 0 radical (unpaired) electrons. The number of rotatable bonds is 4. The summed E-state index contributed by atoms with van der Waals surface area (Å²) in [6, 6.07) is 8.10. The smallest absolute Gasteiger partial charge is 0.243 e. The van der Waals surface area contributed by atoms with E-state index in [1.165, 1.54) is 11.1 Å². The van der Waals surface area contributed by atoms with Crippen molar-refractivity contribution >= 4 is 0 Å². The maximum Gasteiger partial charge on any atom is 0.243 e. The molecule has 1 aromatic heterocycles. The third-order valence-corrected chi connectivity index (χ3v) is 2.93. The molecule has 2 aromatic rings. The van der Waals surface area contributed by atoms with Crippen molar-refractivity contribution in [2.45, 2.75) is 33.2 Å². The van der Waals surface area contributed by atoms with Crippen molar-refractivity contribution in [2.75, 3.05) is 0 Å². The van der Waals surface area contributed by atoms with Crippen LogP contribution in [0.1, 0.15) is 42.7 Å². The number of aromatic nitrogens is 2. The number of hydrogen-bond donors (Lipinski definition) is 1. The van der Waals surface area contributed by atoms with Crippen LogP contribution >= 0.6 is 0 Å². The maximum absolute atomic E-state index is 5.97. The van der Waals surface area contributed by atoms with Crippen LogP contribution in [0.5, 0.6) is 0 Å². The van der Waals surface area contributed by atoms with Gasteiger partial charge in [-0.15, -0.1) is 0 Å². The van der Waals surface area contributed by atoms with Gasteiger partial charge in [0.05, 0.1) is 6.04 Å². The first-order valence-corrected chi connectivity index (χ1v) is 6.20. The maximum atomic E-state index is 5.97. The van der Waals surface area contributed by atoms with E-state index in [0.29, 0.717) is 18.1 Å². The van der Waals surface area contributed by atoms with Crippen molar-refractivity contribution in [1.82, 2.24) is 10.1 Å². The van der Waals surface area contributed by atoms with Gasteiger partial charge in [0, 0.05) is 6.42 Å². The predicted molar refractivity (Wildman–Crippen MR) is 70.0 cm³/mol. The van der Waals surface area contributed by atoms with Crippen molar-refractivity contribution in [1.29, 1.82) is 0 Å². The molecular weight excluding hydrogens is 226 g/mol. The average Bonchev–Trinajstić information content (AvgIpc) is 2.76. The number of hydrogen-bond acceptors (Lipinski definition) is 4. The second-order valence-corrected chi connectivity index (χ2v) is 4.98. The molecule has 1 unspecified atom stereocenters. The molecule has 0 aliphatic rings. The highest BCUT2D eigenvalue weighted by Gasteiger charge is 2.17. The van der Waals surface area contributed by atoms with E-state index in [1.807, 2.05) is 19.9 Å². The zero-order valence-corrected chi connectivity index (χ0v) is 11.1. The molecule has 1 atom stereocenters. The Labute approximate surface area is 107 Å². The van der Waals surface area contributed by atoms with E-state index < -0.39 is 0 Å². The summed E-state index contributed by atoms with van der Waals surface area (Å²) in [5.41, 5.74) is 8.38. The highest BCUT2D eigenvalue weighted by Crippen LogP contribution is 2.17. The van der Waals surface area contributed by atoms with E-state index in [4.69, 9.17) is 10.3 Å². The first-order valence-electron chi connectivity index (χ1n) is 6.20. The Balaban J connectivity index is 2.11. The molecule has 18 heavy (non-hydrogen) atoms. The lowest BCUT2D eigenvalue weighted by molar-refractivity contribution is 0.322. The van der Waals surface area contributed by atoms with E-state index in [-0.39, 0.29) is 12.0 Å². The first-order chi connectivity index (χ1) is 8.56. The summed E-state index contributed by atoms with van der Waals surface area (Å²) in [7, 11) is 0. The molecule has 1 heterocycles. The van der Waals surface area contributed by atoms with Crippen molar-refractivity contribution in [3.8, 4) is 0 Å². The lowest BCUT2D eigenvalue weighted by Crippen LogP contribution is -2.17. The summed E-state index contributed by atoms with van der Waals surface area (Å²) in [6.45, 7) is 6.14. The van der Waals surface area contributed by atoms with E-state index in [0.717, 1.165) is 0 Å². The van der Waals surface area contributed by atoms with Crippen LogP contribution in [0.2, 0.25) is 0 Å². The standard InChI is InChI=1S/C14H19N3O/c1-9(2)13(15)14-16-12(17-18-14)8-11-6-4-5-10(3)7-11/h4-7,9,13H,8,15H2,1-3H3. The van der Waals surface area contributed by atoms with Crippen LogP contribution in [0.15, 0.2) is 28.8 Å². The fraction of sp³-hybridized carbons (Fsp3) is 0.429. The second-order valence-electron chi connectivity index (χ2n) is 4.98. The second kappa shape index (κ2) is 5.31. The summed E-state index contributed by atoms with van der Waals surface area (Å²) in [4.78, 5) is 4.35. The molecule has 96 valence electrons. The lowest BCUT2D eigenvalue weighted by atomic mass is 10.1. The topological polar surface area (TPSA) is 64.9 Å². The van der Waals surface area contributed by atoms with Gasteiger partial charge in [-0.2, -0.15) is 4.98 Å². The number of nitrogens with two attached hydrogens (primary N) is 1. The Bertz CT molecular complexity index is 519. The third-order valence-electron chi connectivity index (χ3n) is 2.93. The number of aryl methyl sites for hydroxylation is 1. The Hall–Kier alpha value is -1.68. The van der Waals surface area contributed by atoms with Crippen molar-refractivity contribution < 1.29 is 4.52 Å². The first kappa shape index (κ1) is 12.8. The van der Waals surface area contributed by atoms with E-state index >= 15 is 0 Å². The predicted octanol–water partition coefficient (Wildman–Crippen LogP) is 2.62. The van der Waals surface area contributed by atoms with Crippen LogP contribution in [0.25, 0.3) is 0 Å². The lowest BCUT2D eigenvalue weighted by Gasteiger charge is -2.09. The fourth-order valence-corrected chi connectivity index (χ4v) is 1.76. The minimum absolute atomic E-state index is 0.191. The molecule has 0 amide bonds. The van der Waals surface area contributed by atoms with Gasteiger partial charge in [-0.05, 0) is 18.4 Å². The van der Waals surface area contributed by atoms with Gasteiger partial charge in [-0.1, -0.05) is 48.8 Å². The third kappa shape index (κ3) is 2.96. The summed E-state index contributed by atoms with van der Waals surface area (Å²) >= 11 is 0. The quantitative estimate of drug-likeness (QED) is 0.899. The summed E-state index contributed by atoms with van der Waals surface area (Å²) in [6.07, 6.45) is 0.677. The number of benzene rings is 1. The molecule has 4 nitrogen and oxygen atoms in total. The monoisotopic (exact) mass is 245 g/mol. The Morgan fingerprint density at radius 1 is 1.33 bits per heavy atom.